The average molecular weight is 830 g/mol. The van der Waals surface area contributed by atoms with Gasteiger partial charge in [-0.2, -0.15) is 0 Å². The summed E-state index contributed by atoms with van der Waals surface area (Å²) in [4.78, 5) is 6.34. The predicted octanol–water partition coefficient (Wildman–Crippen LogP) is 14.2. The van der Waals surface area contributed by atoms with Gasteiger partial charge in [-0.15, -0.1) is 11.3 Å². The van der Waals surface area contributed by atoms with E-state index in [0.29, 0.717) is 0 Å². The molecule has 8 aromatic carbocycles. The van der Waals surface area contributed by atoms with E-state index in [1.54, 1.807) is 0 Å². The van der Waals surface area contributed by atoms with Crippen LogP contribution in [0.15, 0.2) is 162 Å². The molecule has 5 heterocycles. The summed E-state index contributed by atoms with van der Waals surface area (Å²) in [6.07, 6.45) is 0. The molecule has 0 bridgehead atoms. The van der Waals surface area contributed by atoms with Gasteiger partial charge in [-0.3, -0.25) is 0 Å². The molecule has 0 aliphatic carbocycles. The van der Waals surface area contributed by atoms with Crippen LogP contribution in [-0.2, 0) is 5.41 Å². The van der Waals surface area contributed by atoms with Crippen molar-refractivity contribution in [2.75, 3.05) is 9.80 Å². The molecule has 0 unspecified atom stereocenters. The molecule has 0 spiro atoms. The van der Waals surface area contributed by atoms with Gasteiger partial charge in [0.05, 0.1) is 16.6 Å². The third-order valence-electron chi connectivity index (χ3n) is 13.8. The Kier molecular flexibility index (Phi) is 7.56. The minimum Gasteiger partial charge on any atom is -0.456 e. The zero-order valence-corrected chi connectivity index (χ0v) is 37.1. The zero-order valence-electron chi connectivity index (χ0n) is 36.2. The second kappa shape index (κ2) is 13.0. The molecule has 0 amide bonds. The number of hydrogen-bond acceptors (Lipinski definition) is 4. The number of rotatable bonds is 4. The number of benzene rings is 8. The van der Waals surface area contributed by atoms with E-state index in [1.807, 2.05) is 11.3 Å². The maximum atomic E-state index is 6.62. The molecule has 2 aliphatic heterocycles. The molecule has 63 heavy (non-hydrogen) atoms. The highest BCUT2D eigenvalue weighted by atomic mass is 32.1. The van der Waals surface area contributed by atoms with Crippen molar-refractivity contribution in [3.63, 3.8) is 0 Å². The van der Waals surface area contributed by atoms with E-state index in [0.717, 1.165) is 44.7 Å². The van der Waals surface area contributed by atoms with Gasteiger partial charge in [0.2, 0.25) is 0 Å². The number of furan rings is 1. The Bertz CT molecular complexity index is 3700. The Morgan fingerprint density at radius 3 is 2.00 bits per heavy atom. The summed E-state index contributed by atoms with van der Waals surface area (Å²) in [6, 6.07) is 58.8. The van der Waals surface area contributed by atoms with Crippen molar-refractivity contribution in [1.29, 1.82) is 0 Å². The number of anilines is 6. The third-order valence-corrected chi connectivity index (χ3v) is 15.0. The maximum Gasteiger partial charge on any atom is 0.252 e. The van der Waals surface area contributed by atoms with Crippen LogP contribution in [-0.4, -0.2) is 11.3 Å². The Labute approximate surface area is 371 Å². The smallest absolute Gasteiger partial charge is 0.252 e. The summed E-state index contributed by atoms with van der Waals surface area (Å²) in [5, 5.41) is 6.28. The lowest BCUT2D eigenvalue weighted by molar-refractivity contribution is 0.591. The summed E-state index contributed by atoms with van der Waals surface area (Å²) in [5.41, 5.74) is 20.3. The molecule has 13 rings (SSSR count). The van der Waals surface area contributed by atoms with Gasteiger partial charge in [0.15, 0.2) is 0 Å². The summed E-state index contributed by atoms with van der Waals surface area (Å²) in [5.74, 6) is 0. The normalized spacial score (nSPS) is 13.2. The first-order valence-corrected chi connectivity index (χ1v) is 22.9. The monoisotopic (exact) mass is 829 g/mol. The Morgan fingerprint density at radius 2 is 1.24 bits per heavy atom. The van der Waals surface area contributed by atoms with Gasteiger partial charge in [0.1, 0.15) is 16.0 Å². The topological polar surface area (TPSA) is 24.6 Å². The van der Waals surface area contributed by atoms with Gasteiger partial charge in [-0.05, 0) is 132 Å². The minimum atomic E-state index is -0.0612. The number of thiophene rings is 1. The highest BCUT2D eigenvalue weighted by Gasteiger charge is 2.44. The molecule has 11 aromatic rings. The molecule has 302 valence electrons. The van der Waals surface area contributed by atoms with Crippen LogP contribution in [0.2, 0.25) is 0 Å². The molecular formula is C57H44BN3OS. The van der Waals surface area contributed by atoms with Crippen LogP contribution in [0.1, 0.15) is 43.0 Å². The van der Waals surface area contributed by atoms with Crippen LogP contribution in [0.25, 0.3) is 58.8 Å². The van der Waals surface area contributed by atoms with Crippen LogP contribution < -0.4 is 26.2 Å². The molecule has 4 nitrogen and oxygen atoms in total. The zero-order chi connectivity index (χ0) is 42.5. The van der Waals surface area contributed by atoms with Crippen molar-refractivity contribution < 1.29 is 4.42 Å². The summed E-state index contributed by atoms with van der Waals surface area (Å²) < 4.78 is 10.6. The van der Waals surface area contributed by atoms with E-state index >= 15 is 0 Å². The highest BCUT2D eigenvalue weighted by Crippen LogP contribution is 2.50. The van der Waals surface area contributed by atoms with Crippen molar-refractivity contribution in [3.05, 3.63) is 180 Å². The van der Waals surface area contributed by atoms with Crippen LogP contribution in [0, 0.1) is 20.8 Å². The Hall–Kier alpha value is -7.02. The molecule has 3 aromatic heterocycles. The summed E-state index contributed by atoms with van der Waals surface area (Å²) in [7, 11) is 0. The van der Waals surface area contributed by atoms with Gasteiger partial charge >= 0.3 is 0 Å². The molecule has 0 saturated heterocycles. The number of para-hydroxylation sites is 3. The molecule has 0 fully saturated rings. The number of hydrogen-bond donors (Lipinski definition) is 0. The van der Waals surface area contributed by atoms with Gasteiger partial charge in [-0.25, -0.2) is 0 Å². The molecule has 0 radical (unpaired) electrons. The van der Waals surface area contributed by atoms with Gasteiger partial charge in [0.25, 0.3) is 6.71 Å². The first-order chi connectivity index (χ1) is 30.6. The number of fused-ring (bicyclic) bond motifs is 12. The van der Waals surface area contributed by atoms with E-state index < -0.39 is 0 Å². The Balaban J connectivity index is 1.19. The standard InChI is InChI=1S/C57H44BN3OS/c1-33-28-47-54-48(29-33)61-55-40(52-39-19-10-14-25-51(39)63-56(52)61)30-36(57(4,5)6)31-42(55)58(54)41-27-26-37(59(43-20-11-7-16-34(43)2)44-21-12-8-17-35(44)3)32-46(41)60(47)45-22-15-24-50-53(45)38-18-9-13-23-49(38)62-50/h7-32H,1-6H3. The SMILES string of the molecule is Cc1cc2c3c(c1)-n1c4sc5ccccc5c4c4cc(C(C)(C)C)cc(c41)B3c1ccc(N(c3ccccc3C)c3ccccc3C)cc1N2c1cccc2oc3ccccc3c12. The molecule has 6 heteroatoms. The molecule has 0 saturated carbocycles. The lowest BCUT2D eigenvalue weighted by atomic mass is 9.33. The van der Waals surface area contributed by atoms with Crippen molar-refractivity contribution in [2.45, 2.75) is 47.0 Å². The van der Waals surface area contributed by atoms with Crippen LogP contribution >= 0.6 is 11.3 Å². The van der Waals surface area contributed by atoms with E-state index in [2.05, 4.69) is 214 Å². The average Bonchev–Trinajstić information content (AvgIpc) is 3.95. The molecular weight excluding hydrogens is 786 g/mol. The van der Waals surface area contributed by atoms with Gasteiger partial charge in [0, 0.05) is 60.4 Å². The quantitative estimate of drug-likeness (QED) is 0.165. The van der Waals surface area contributed by atoms with Crippen molar-refractivity contribution in [2.24, 2.45) is 0 Å². The van der Waals surface area contributed by atoms with Crippen LogP contribution in [0.3, 0.4) is 0 Å². The second-order valence-electron chi connectivity index (χ2n) is 18.7. The fourth-order valence-electron chi connectivity index (χ4n) is 10.9. The molecule has 0 atom stereocenters. The van der Waals surface area contributed by atoms with Gasteiger partial charge in [-0.1, -0.05) is 112 Å². The van der Waals surface area contributed by atoms with E-state index in [-0.39, 0.29) is 12.1 Å². The summed E-state index contributed by atoms with van der Waals surface area (Å²) in [6.45, 7) is 13.8. The molecule has 2 aliphatic rings. The largest absolute Gasteiger partial charge is 0.456 e. The minimum absolute atomic E-state index is 0.00543. The lowest BCUT2D eigenvalue weighted by Crippen LogP contribution is -2.60. The first kappa shape index (κ1) is 36.6. The molecule has 0 N–H and O–H groups in total. The lowest BCUT2D eigenvalue weighted by Gasteiger charge is -2.41. The van der Waals surface area contributed by atoms with Crippen molar-refractivity contribution in [1.82, 2.24) is 4.57 Å². The van der Waals surface area contributed by atoms with Crippen molar-refractivity contribution in [3.8, 4) is 5.69 Å². The van der Waals surface area contributed by atoms with E-state index in [4.69, 9.17) is 4.42 Å². The van der Waals surface area contributed by atoms with Crippen LogP contribution in [0.4, 0.5) is 34.1 Å². The van der Waals surface area contributed by atoms with Crippen LogP contribution in [0.5, 0.6) is 0 Å². The maximum absolute atomic E-state index is 6.62. The van der Waals surface area contributed by atoms with Crippen molar-refractivity contribution >= 4 is 122 Å². The Morgan fingerprint density at radius 1 is 0.556 bits per heavy atom. The van der Waals surface area contributed by atoms with E-state index in [1.165, 1.54) is 86.9 Å². The number of nitrogens with zero attached hydrogens (tertiary/aromatic N) is 3. The second-order valence-corrected chi connectivity index (χ2v) is 19.7. The van der Waals surface area contributed by atoms with Gasteiger partial charge < -0.3 is 18.8 Å². The summed E-state index contributed by atoms with van der Waals surface area (Å²) >= 11 is 1.92. The predicted molar refractivity (Wildman–Crippen MR) is 270 cm³/mol. The fourth-order valence-corrected chi connectivity index (χ4v) is 12.2. The fraction of sp³-hybridized carbons (Fsp3) is 0.123. The van der Waals surface area contributed by atoms with E-state index in [9.17, 15) is 0 Å². The number of aryl methyl sites for hydroxylation is 3. The number of aromatic nitrogens is 1. The third kappa shape index (κ3) is 5.10. The highest BCUT2D eigenvalue weighted by molar-refractivity contribution is 7.26. The first-order valence-electron chi connectivity index (χ1n) is 22.0.